The predicted molar refractivity (Wildman–Crippen MR) is 105 cm³/mol. The smallest absolute Gasteiger partial charge is 0.295 e. The van der Waals surface area contributed by atoms with Gasteiger partial charge in [0.1, 0.15) is 11.4 Å². The lowest BCUT2D eigenvalue weighted by molar-refractivity contribution is -0.384. The Kier molecular flexibility index (Phi) is 5.90. The predicted octanol–water partition coefficient (Wildman–Crippen LogP) is 2.83. The van der Waals surface area contributed by atoms with Crippen LogP contribution in [0.5, 0.6) is 5.75 Å². The second-order valence-corrected chi connectivity index (χ2v) is 8.10. The highest BCUT2D eigenvalue weighted by Crippen LogP contribution is 2.30. The first-order chi connectivity index (χ1) is 13.4. The number of benzene rings is 2. The van der Waals surface area contributed by atoms with Crippen LogP contribution in [0.2, 0.25) is 0 Å². The van der Waals surface area contributed by atoms with Gasteiger partial charge in [0.05, 0.1) is 23.1 Å². The van der Waals surface area contributed by atoms with Gasteiger partial charge < -0.3 is 4.74 Å². The number of nitro benzene ring substituents is 1. The summed E-state index contributed by atoms with van der Waals surface area (Å²) in [6.45, 7) is 0.860. The molecule has 9 nitrogen and oxygen atoms in total. The maximum atomic E-state index is 12.6. The second kappa shape index (κ2) is 8.36. The van der Waals surface area contributed by atoms with Gasteiger partial charge in [-0.05, 0) is 37.1 Å². The maximum absolute atomic E-state index is 12.6. The fourth-order valence-corrected chi connectivity index (χ4v) is 4.48. The fourth-order valence-electron chi connectivity index (χ4n) is 2.94. The van der Waals surface area contributed by atoms with Gasteiger partial charge in [-0.2, -0.15) is 9.41 Å². The Bertz CT molecular complexity index is 1000. The zero-order chi connectivity index (χ0) is 20.1. The summed E-state index contributed by atoms with van der Waals surface area (Å²) in [6, 6.07) is 10.9. The number of nitrogens with zero attached hydrogens (tertiary/aromatic N) is 3. The first kappa shape index (κ1) is 19.8. The Labute approximate surface area is 162 Å². The highest BCUT2D eigenvalue weighted by molar-refractivity contribution is 7.89. The third kappa shape index (κ3) is 4.12. The standard InChI is InChI=1S/C18H20N4O5S/c1-27-18-7-3-2-6-14(18)13-19-20-16-9-8-15(12-17(16)22(23)24)28(25,26)21-10-4-5-11-21/h2-3,6-9,12-13,20H,4-5,10-11H2,1H3/b19-13-. The summed E-state index contributed by atoms with van der Waals surface area (Å²) in [4.78, 5) is 10.7. The monoisotopic (exact) mass is 404 g/mol. The van der Waals surface area contributed by atoms with Crippen LogP contribution < -0.4 is 10.2 Å². The number of nitrogens with one attached hydrogen (secondary N) is 1. The average molecular weight is 404 g/mol. The van der Waals surface area contributed by atoms with Crippen LogP contribution in [0.4, 0.5) is 11.4 Å². The molecular formula is C18H20N4O5S. The van der Waals surface area contributed by atoms with E-state index in [0.29, 0.717) is 24.4 Å². The molecule has 0 saturated carbocycles. The van der Waals surface area contributed by atoms with E-state index in [-0.39, 0.29) is 16.3 Å². The number of methoxy groups -OCH3 is 1. The minimum absolute atomic E-state index is 0.0940. The number of hydrazone groups is 1. The summed E-state index contributed by atoms with van der Waals surface area (Å²) in [5, 5.41) is 15.5. The van der Waals surface area contributed by atoms with Crippen LogP contribution in [0.15, 0.2) is 52.5 Å². The molecule has 1 N–H and O–H groups in total. The van der Waals surface area contributed by atoms with Crippen molar-refractivity contribution < 1.29 is 18.1 Å². The van der Waals surface area contributed by atoms with E-state index >= 15 is 0 Å². The molecule has 0 aliphatic carbocycles. The third-order valence-electron chi connectivity index (χ3n) is 4.40. The topological polar surface area (TPSA) is 114 Å². The van der Waals surface area contributed by atoms with Crippen LogP contribution in [0.1, 0.15) is 18.4 Å². The van der Waals surface area contributed by atoms with Crippen LogP contribution >= 0.6 is 0 Å². The number of para-hydroxylation sites is 1. The minimum atomic E-state index is -3.74. The summed E-state index contributed by atoms with van der Waals surface area (Å²) < 4.78 is 31.8. The molecule has 0 atom stereocenters. The van der Waals surface area contributed by atoms with E-state index in [9.17, 15) is 18.5 Å². The maximum Gasteiger partial charge on any atom is 0.295 e. The highest BCUT2D eigenvalue weighted by atomic mass is 32.2. The summed E-state index contributed by atoms with van der Waals surface area (Å²) in [7, 11) is -2.21. The van der Waals surface area contributed by atoms with Crippen molar-refractivity contribution in [3.05, 3.63) is 58.1 Å². The van der Waals surface area contributed by atoms with Gasteiger partial charge in [-0.15, -0.1) is 0 Å². The number of anilines is 1. The Hall–Kier alpha value is -2.98. The van der Waals surface area contributed by atoms with Gasteiger partial charge in [-0.3, -0.25) is 15.5 Å². The van der Waals surface area contributed by atoms with E-state index in [2.05, 4.69) is 10.5 Å². The lowest BCUT2D eigenvalue weighted by atomic mass is 10.2. The van der Waals surface area contributed by atoms with Crippen LogP contribution in [0.25, 0.3) is 0 Å². The van der Waals surface area contributed by atoms with Crippen molar-refractivity contribution in [1.29, 1.82) is 0 Å². The van der Waals surface area contributed by atoms with Crippen LogP contribution in [-0.2, 0) is 10.0 Å². The molecule has 0 aromatic heterocycles. The Morgan fingerprint density at radius 3 is 2.61 bits per heavy atom. The molecule has 2 aromatic rings. The molecule has 1 aliphatic rings. The lowest BCUT2D eigenvalue weighted by Crippen LogP contribution is -2.27. The number of nitro groups is 1. The van der Waals surface area contributed by atoms with Gasteiger partial charge in [0.15, 0.2) is 0 Å². The van der Waals surface area contributed by atoms with E-state index in [1.165, 1.54) is 29.8 Å². The van der Waals surface area contributed by atoms with E-state index in [0.717, 1.165) is 18.9 Å². The lowest BCUT2D eigenvalue weighted by Gasteiger charge is -2.15. The molecule has 0 bridgehead atoms. The zero-order valence-electron chi connectivity index (χ0n) is 15.2. The molecule has 0 amide bonds. The first-order valence-corrected chi connectivity index (χ1v) is 10.1. The number of rotatable bonds is 7. The Balaban J connectivity index is 1.86. The summed E-state index contributed by atoms with van der Waals surface area (Å²) in [6.07, 6.45) is 3.05. The van der Waals surface area contributed by atoms with Gasteiger partial charge in [0.2, 0.25) is 10.0 Å². The molecule has 10 heteroatoms. The molecule has 0 radical (unpaired) electrons. The first-order valence-electron chi connectivity index (χ1n) is 8.64. The molecule has 2 aromatic carbocycles. The minimum Gasteiger partial charge on any atom is -0.496 e. The zero-order valence-corrected chi connectivity index (χ0v) is 16.1. The third-order valence-corrected chi connectivity index (χ3v) is 6.29. The fraction of sp³-hybridized carbons (Fsp3) is 0.278. The molecule has 1 saturated heterocycles. The molecular weight excluding hydrogens is 384 g/mol. The van der Waals surface area contributed by atoms with Gasteiger partial charge in [0.25, 0.3) is 5.69 Å². The van der Waals surface area contributed by atoms with Gasteiger partial charge in [-0.1, -0.05) is 12.1 Å². The van der Waals surface area contributed by atoms with Crippen molar-refractivity contribution in [2.45, 2.75) is 17.7 Å². The molecule has 1 aliphatic heterocycles. The number of hydrogen-bond acceptors (Lipinski definition) is 7. The van der Waals surface area contributed by atoms with E-state index < -0.39 is 14.9 Å². The molecule has 148 valence electrons. The number of hydrogen-bond donors (Lipinski definition) is 1. The second-order valence-electron chi connectivity index (χ2n) is 6.16. The average Bonchev–Trinajstić information content (AvgIpc) is 3.24. The van der Waals surface area contributed by atoms with E-state index in [4.69, 9.17) is 4.74 Å². The molecule has 0 spiro atoms. The van der Waals surface area contributed by atoms with E-state index in [1.54, 1.807) is 12.1 Å². The molecule has 1 heterocycles. The summed E-state index contributed by atoms with van der Waals surface area (Å²) in [5.41, 5.74) is 3.03. The number of ether oxygens (including phenoxy) is 1. The van der Waals surface area contributed by atoms with Crippen LogP contribution in [0.3, 0.4) is 0 Å². The van der Waals surface area contributed by atoms with Crippen molar-refractivity contribution in [2.24, 2.45) is 5.10 Å². The van der Waals surface area contributed by atoms with Crippen LogP contribution in [0, 0.1) is 10.1 Å². The Morgan fingerprint density at radius 2 is 1.93 bits per heavy atom. The summed E-state index contributed by atoms with van der Waals surface area (Å²) in [5.74, 6) is 0.606. The molecule has 1 fully saturated rings. The quantitative estimate of drug-likeness (QED) is 0.431. The normalized spacial score (nSPS) is 15.0. The molecule has 28 heavy (non-hydrogen) atoms. The van der Waals surface area contributed by atoms with Crippen molar-refractivity contribution >= 4 is 27.6 Å². The van der Waals surface area contributed by atoms with Gasteiger partial charge in [0, 0.05) is 24.7 Å². The van der Waals surface area contributed by atoms with Crippen LogP contribution in [-0.4, -0.2) is 44.1 Å². The highest BCUT2D eigenvalue weighted by Gasteiger charge is 2.29. The summed E-state index contributed by atoms with van der Waals surface area (Å²) >= 11 is 0. The molecule has 0 unspecified atom stereocenters. The van der Waals surface area contributed by atoms with Crippen molar-refractivity contribution in [3.8, 4) is 5.75 Å². The van der Waals surface area contributed by atoms with Gasteiger partial charge in [-0.25, -0.2) is 8.42 Å². The van der Waals surface area contributed by atoms with Crippen molar-refractivity contribution in [1.82, 2.24) is 4.31 Å². The van der Waals surface area contributed by atoms with Gasteiger partial charge >= 0.3 is 0 Å². The van der Waals surface area contributed by atoms with Crippen molar-refractivity contribution in [3.63, 3.8) is 0 Å². The van der Waals surface area contributed by atoms with Crippen molar-refractivity contribution in [2.75, 3.05) is 25.6 Å². The number of sulfonamides is 1. The molecule has 3 rings (SSSR count). The Morgan fingerprint density at radius 1 is 1.21 bits per heavy atom. The SMILES string of the molecule is COc1ccccc1/C=N\Nc1ccc(S(=O)(=O)N2CCCC2)cc1[N+](=O)[O-]. The van der Waals surface area contributed by atoms with E-state index in [1.807, 2.05) is 12.1 Å². The largest absolute Gasteiger partial charge is 0.496 e.